The lowest BCUT2D eigenvalue weighted by atomic mass is 9.88. The second-order valence-electron chi connectivity index (χ2n) is 9.55. The number of amides is 2. The average molecular weight is 473 g/mol. The quantitative estimate of drug-likeness (QED) is 0.641. The van der Waals surface area contributed by atoms with Gasteiger partial charge in [-0.2, -0.15) is 13.2 Å². The van der Waals surface area contributed by atoms with Crippen LogP contribution in [0.3, 0.4) is 0 Å². The summed E-state index contributed by atoms with van der Waals surface area (Å²) in [5.74, 6) is -0.321. The van der Waals surface area contributed by atoms with Crippen molar-refractivity contribution in [1.82, 2.24) is 10.2 Å². The van der Waals surface area contributed by atoms with Crippen LogP contribution in [0.4, 0.5) is 18.0 Å². The molecule has 0 spiro atoms. The lowest BCUT2D eigenvalue weighted by Gasteiger charge is -2.38. The number of ether oxygens (including phenoxy) is 1. The Morgan fingerprint density at radius 1 is 1.06 bits per heavy atom. The van der Waals surface area contributed by atoms with E-state index in [1.54, 1.807) is 25.7 Å². The van der Waals surface area contributed by atoms with Crippen LogP contribution in [0.15, 0.2) is 54.1 Å². The van der Waals surface area contributed by atoms with Crippen LogP contribution in [0, 0.1) is 0 Å². The number of alkyl carbamates (subject to hydrolysis) is 1. The Labute approximate surface area is 196 Å². The van der Waals surface area contributed by atoms with Gasteiger partial charge in [-0.15, -0.1) is 0 Å². The van der Waals surface area contributed by atoms with Crippen LogP contribution < -0.4 is 5.32 Å². The molecule has 1 aliphatic heterocycles. The molecular formula is C26H27F3N2O3. The molecule has 0 saturated heterocycles. The van der Waals surface area contributed by atoms with E-state index in [4.69, 9.17) is 4.74 Å². The van der Waals surface area contributed by atoms with Crippen molar-refractivity contribution in [2.24, 2.45) is 0 Å². The summed E-state index contributed by atoms with van der Waals surface area (Å²) < 4.78 is 44.6. The highest BCUT2D eigenvalue weighted by Gasteiger charge is 2.38. The van der Waals surface area contributed by atoms with Crippen molar-refractivity contribution in [2.45, 2.75) is 51.4 Å². The van der Waals surface area contributed by atoms with Crippen molar-refractivity contribution in [2.75, 3.05) is 13.1 Å². The van der Waals surface area contributed by atoms with Crippen LogP contribution in [0.25, 0.3) is 5.57 Å². The molecule has 0 bridgehead atoms. The smallest absolute Gasteiger partial charge is 0.416 e. The summed E-state index contributed by atoms with van der Waals surface area (Å²) in [6.45, 7) is 5.32. The highest BCUT2D eigenvalue weighted by atomic mass is 19.4. The molecule has 1 aliphatic carbocycles. The van der Waals surface area contributed by atoms with E-state index in [1.807, 2.05) is 24.3 Å². The fraction of sp³-hybridized carbons (Fsp3) is 0.385. The van der Waals surface area contributed by atoms with Gasteiger partial charge in [-0.25, -0.2) is 4.79 Å². The highest BCUT2D eigenvalue weighted by molar-refractivity contribution is 5.86. The minimum Gasteiger partial charge on any atom is -0.444 e. The molecule has 2 amide bonds. The van der Waals surface area contributed by atoms with Crippen molar-refractivity contribution < 1.29 is 27.5 Å². The molecule has 1 N–H and O–H groups in total. The van der Waals surface area contributed by atoms with E-state index < -0.39 is 29.5 Å². The standard InChI is InChI=1S/C26H27F3N2O3/c1-25(2,3)34-24(33)30-15-22(32)31-13-12-20-19-7-5-4-6-17(19)14-21(20)23(31)16-8-10-18(11-9-16)26(27,28)29/h4-11,23H,12-15H2,1-3H3,(H,30,33). The van der Waals surface area contributed by atoms with Crippen molar-refractivity contribution in [3.05, 3.63) is 76.4 Å². The van der Waals surface area contributed by atoms with E-state index in [-0.39, 0.29) is 12.5 Å². The van der Waals surface area contributed by atoms with Gasteiger partial charge in [0.1, 0.15) is 12.1 Å². The summed E-state index contributed by atoms with van der Waals surface area (Å²) in [6, 6.07) is 12.5. The molecule has 1 heterocycles. The first kappa shape index (κ1) is 23.9. The Kier molecular flexibility index (Phi) is 6.18. The molecule has 0 fully saturated rings. The number of alkyl halides is 3. The number of carbonyl (C=O) groups excluding carboxylic acids is 2. The SMILES string of the molecule is CC(C)(C)OC(=O)NCC(=O)N1CCC2=C(Cc3ccccc32)C1c1ccc(C(F)(F)F)cc1. The van der Waals surface area contributed by atoms with Gasteiger partial charge in [-0.1, -0.05) is 36.4 Å². The first-order valence-corrected chi connectivity index (χ1v) is 11.2. The maximum absolute atomic E-state index is 13.2. The van der Waals surface area contributed by atoms with Crippen molar-refractivity contribution >= 4 is 17.6 Å². The zero-order chi connectivity index (χ0) is 24.7. The number of carbonyl (C=O) groups is 2. The van der Waals surface area contributed by atoms with Gasteiger partial charge in [0.05, 0.1) is 11.6 Å². The normalized spacial score (nSPS) is 17.8. The van der Waals surface area contributed by atoms with Gasteiger partial charge < -0.3 is 15.0 Å². The lowest BCUT2D eigenvalue weighted by Crippen LogP contribution is -2.45. The molecule has 180 valence electrons. The van der Waals surface area contributed by atoms with Gasteiger partial charge in [0.15, 0.2) is 0 Å². The van der Waals surface area contributed by atoms with E-state index in [0.29, 0.717) is 24.9 Å². The number of rotatable bonds is 3. The Hall–Kier alpha value is -3.29. The maximum Gasteiger partial charge on any atom is 0.416 e. The minimum absolute atomic E-state index is 0.262. The van der Waals surface area contributed by atoms with E-state index in [9.17, 15) is 22.8 Å². The monoisotopic (exact) mass is 472 g/mol. The van der Waals surface area contributed by atoms with E-state index in [2.05, 4.69) is 5.32 Å². The van der Waals surface area contributed by atoms with Gasteiger partial charge >= 0.3 is 12.3 Å². The van der Waals surface area contributed by atoms with Gasteiger partial charge in [-0.05, 0) is 73.6 Å². The third-order valence-corrected chi connectivity index (χ3v) is 6.01. The number of halogens is 3. The van der Waals surface area contributed by atoms with Crippen LogP contribution >= 0.6 is 0 Å². The molecule has 0 saturated carbocycles. The molecule has 2 aromatic carbocycles. The third-order valence-electron chi connectivity index (χ3n) is 6.01. The molecule has 8 heteroatoms. The maximum atomic E-state index is 13.2. The number of fused-ring (bicyclic) bond motifs is 2. The second kappa shape index (κ2) is 8.81. The minimum atomic E-state index is -4.44. The van der Waals surface area contributed by atoms with Crippen LogP contribution in [0.2, 0.25) is 0 Å². The van der Waals surface area contributed by atoms with Gasteiger partial charge in [-0.3, -0.25) is 4.79 Å². The van der Waals surface area contributed by atoms with Gasteiger partial charge in [0, 0.05) is 6.54 Å². The molecule has 1 atom stereocenters. The number of nitrogens with zero attached hydrogens (tertiary/aromatic N) is 1. The Morgan fingerprint density at radius 3 is 2.38 bits per heavy atom. The number of hydrogen-bond acceptors (Lipinski definition) is 3. The summed E-state index contributed by atoms with van der Waals surface area (Å²) >= 11 is 0. The van der Waals surface area contributed by atoms with E-state index >= 15 is 0 Å². The summed E-state index contributed by atoms with van der Waals surface area (Å²) in [6.07, 6.45) is -3.87. The summed E-state index contributed by atoms with van der Waals surface area (Å²) in [4.78, 5) is 26.9. The third kappa shape index (κ3) is 4.95. The average Bonchev–Trinajstić information content (AvgIpc) is 3.14. The number of hydrogen-bond donors (Lipinski definition) is 1. The van der Waals surface area contributed by atoms with Crippen LogP contribution in [0.5, 0.6) is 0 Å². The van der Waals surface area contributed by atoms with Crippen LogP contribution in [0.1, 0.15) is 55.5 Å². The zero-order valence-corrected chi connectivity index (χ0v) is 19.3. The largest absolute Gasteiger partial charge is 0.444 e. The summed E-state index contributed by atoms with van der Waals surface area (Å²) in [7, 11) is 0. The first-order chi connectivity index (χ1) is 15.9. The second-order valence-corrected chi connectivity index (χ2v) is 9.55. The predicted molar refractivity (Wildman–Crippen MR) is 122 cm³/mol. The molecule has 0 aromatic heterocycles. The predicted octanol–water partition coefficient (Wildman–Crippen LogP) is 5.51. The zero-order valence-electron chi connectivity index (χ0n) is 19.3. The van der Waals surface area contributed by atoms with Gasteiger partial charge in [0.2, 0.25) is 5.91 Å². The Morgan fingerprint density at radius 2 is 1.74 bits per heavy atom. The highest BCUT2D eigenvalue weighted by Crippen LogP contribution is 2.47. The molecular weight excluding hydrogens is 445 g/mol. The lowest BCUT2D eigenvalue weighted by molar-refractivity contribution is -0.137. The summed E-state index contributed by atoms with van der Waals surface area (Å²) in [5.41, 5.74) is 3.61. The molecule has 0 radical (unpaired) electrons. The van der Waals surface area contributed by atoms with Crippen LogP contribution in [-0.2, 0) is 22.1 Å². The molecule has 4 rings (SSSR count). The number of benzene rings is 2. The molecule has 1 unspecified atom stereocenters. The van der Waals surface area contributed by atoms with Crippen molar-refractivity contribution in [3.8, 4) is 0 Å². The fourth-order valence-electron chi connectivity index (χ4n) is 4.63. The topological polar surface area (TPSA) is 58.6 Å². The van der Waals surface area contributed by atoms with Crippen molar-refractivity contribution in [1.29, 1.82) is 0 Å². The number of nitrogens with one attached hydrogen (secondary N) is 1. The molecule has 5 nitrogen and oxygen atoms in total. The summed E-state index contributed by atoms with van der Waals surface area (Å²) in [5, 5.41) is 2.50. The van der Waals surface area contributed by atoms with E-state index in [0.717, 1.165) is 34.4 Å². The molecule has 2 aromatic rings. The van der Waals surface area contributed by atoms with Crippen LogP contribution in [-0.4, -0.2) is 35.6 Å². The molecule has 34 heavy (non-hydrogen) atoms. The first-order valence-electron chi connectivity index (χ1n) is 11.2. The van der Waals surface area contributed by atoms with Crippen molar-refractivity contribution in [3.63, 3.8) is 0 Å². The Bertz CT molecular complexity index is 1130. The fourth-order valence-corrected chi connectivity index (χ4v) is 4.63. The van der Waals surface area contributed by atoms with Gasteiger partial charge in [0.25, 0.3) is 0 Å². The Balaban J connectivity index is 1.63. The molecule has 2 aliphatic rings. The van der Waals surface area contributed by atoms with E-state index in [1.165, 1.54) is 12.1 Å².